The molecule has 1 aromatic heterocycles. The van der Waals surface area contributed by atoms with Crippen molar-refractivity contribution >= 4 is 11.8 Å². The second-order valence-corrected chi connectivity index (χ2v) is 7.21. The lowest BCUT2D eigenvalue weighted by Crippen LogP contribution is -2.50. The first-order valence-corrected chi connectivity index (χ1v) is 8.85. The van der Waals surface area contributed by atoms with Crippen LogP contribution in [0.5, 0.6) is 0 Å². The Morgan fingerprint density at radius 1 is 1.08 bits per heavy atom. The van der Waals surface area contributed by atoms with Crippen LogP contribution in [0.3, 0.4) is 0 Å². The number of benzene rings is 1. The van der Waals surface area contributed by atoms with Gasteiger partial charge >= 0.3 is 0 Å². The van der Waals surface area contributed by atoms with Crippen molar-refractivity contribution in [3.05, 3.63) is 59.4 Å². The largest absolute Gasteiger partial charge is 0.352 e. The van der Waals surface area contributed by atoms with Crippen molar-refractivity contribution in [1.82, 2.24) is 14.8 Å². The summed E-state index contributed by atoms with van der Waals surface area (Å²) in [4.78, 5) is 27.4. The van der Waals surface area contributed by atoms with Gasteiger partial charge in [-0.15, -0.1) is 0 Å². The molecule has 0 aliphatic carbocycles. The number of likely N-dealkylation sites (tertiary alicyclic amines) is 1. The highest BCUT2D eigenvalue weighted by atomic mass is 16.2. The summed E-state index contributed by atoms with van der Waals surface area (Å²) >= 11 is 0. The quantitative estimate of drug-likeness (QED) is 0.867. The number of fused-ring (bicyclic) bond motifs is 1. The smallest absolute Gasteiger partial charge is 0.270 e. The fourth-order valence-corrected chi connectivity index (χ4v) is 4.10. The lowest BCUT2D eigenvalue weighted by atomic mass is 9.73. The van der Waals surface area contributed by atoms with Crippen LogP contribution < -0.4 is 5.32 Å². The van der Waals surface area contributed by atoms with Crippen LogP contribution >= 0.6 is 0 Å². The van der Waals surface area contributed by atoms with Crippen LogP contribution in [0.1, 0.15) is 34.5 Å². The summed E-state index contributed by atoms with van der Waals surface area (Å²) in [5, 5.41) is 3.10. The Morgan fingerprint density at radius 3 is 2.48 bits per heavy atom. The predicted molar refractivity (Wildman–Crippen MR) is 95.0 cm³/mol. The van der Waals surface area contributed by atoms with Crippen LogP contribution in [-0.2, 0) is 24.8 Å². The van der Waals surface area contributed by atoms with Crippen molar-refractivity contribution in [3.63, 3.8) is 0 Å². The van der Waals surface area contributed by atoms with Gasteiger partial charge in [-0.1, -0.05) is 24.3 Å². The van der Waals surface area contributed by atoms with E-state index in [1.54, 1.807) is 0 Å². The summed E-state index contributed by atoms with van der Waals surface area (Å²) in [6, 6.07) is 12.0. The zero-order chi connectivity index (χ0) is 17.4. The average molecular weight is 337 g/mol. The maximum atomic E-state index is 12.8. The van der Waals surface area contributed by atoms with Crippen molar-refractivity contribution in [2.75, 3.05) is 13.1 Å². The number of nitrogens with zero attached hydrogens (tertiary/aromatic N) is 2. The number of hydrogen-bond donors (Lipinski definition) is 1. The molecule has 1 fully saturated rings. The van der Waals surface area contributed by atoms with Gasteiger partial charge in [0.15, 0.2) is 0 Å². The Hall–Kier alpha value is -2.56. The lowest BCUT2D eigenvalue weighted by molar-refractivity contribution is -0.133. The summed E-state index contributed by atoms with van der Waals surface area (Å²) in [5.41, 5.74) is 2.77. The van der Waals surface area contributed by atoms with E-state index in [4.69, 9.17) is 0 Å². The number of aromatic nitrogens is 1. The monoisotopic (exact) mass is 337 g/mol. The molecule has 25 heavy (non-hydrogen) atoms. The first kappa shape index (κ1) is 15.9. The molecule has 2 amide bonds. The molecule has 2 aliphatic heterocycles. The number of nitrogens with one attached hydrogen (secondary N) is 1. The van der Waals surface area contributed by atoms with Crippen molar-refractivity contribution in [1.29, 1.82) is 0 Å². The van der Waals surface area contributed by atoms with Gasteiger partial charge in [0.05, 0.1) is 5.41 Å². The summed E-state index contributed by atoms with van der Waals surface area (Å²) < 4.78 is 1.85. The molecule has 5 nitrogen and oxygen atoms in total. The predicted octanol–water partition coefficient (Wildman–Crippen LogP) is 2.12. The number of aryl methyl sites for hydroxylation is 1. The Balaban J connectivity index is 1.53. The summed E-state index contributed by atoms with van der Waals surface area (Å²) in [6.07, 6.45) is 4.07. The number of rotatable bonds is 1. The van der Waals surface area contributed by atoms with E-state index in [1.807, 2.05) is 47.0 Å². The standard InChI is InChI=1S/C20H23N3O2/c1-22-10-4-7-17(22)18(24)23-11-8-20(9-12-23)13-15-5-2-3-6-16(15)14-21-19(20)25/h2-7,10H,8-9,11-14H2,1H3,(H,21,25). The summed E-state index contributed by atoms with van der Waals surface area (Å²) in [5.74, 6) is 0.187. The van der Waals surface area contributed by atoms with E-state index < -0.39 is 5.41 Å². The molecule has 3 heterocycles. The van der Waals surface area contributed by atoms with E-state index in [2.05, 4.69) is 17.4 Å². The summed E-state index contributed by atoms with van der Waals surface area (Å²) in [7, 11) is 1.88. The molecule has 0 radical (unpaired) electrons. The highest BCUT2D eigenvalue weighted by Gasteiger charge is 2.43. The highest BCUT2D eigenvalue weighted by molar-refractivity contribution is 5.93. The number of piperidine rings is 1. The van der Waals surface area contributed by atoms with Crippen LogP contribution in [-0.4, -0.2) is 34.4 Å². The molecule has 1 saturated heterocycles. The van der Waals surface area contributed by atoms with E-state index in [0.717, 1.165) is 6.42 Å². The maximum Gasteiger partial charge on any atom is 0.270 e. The van der Waals surface area contributed by atoms with E-state index in [0.29, 0.717) is 38.2 Å². The topological polar surface area (TPSA) is 54.3 Å². The Kier molecular flexibility index (Phi) is 3.86. The molecule has 2 aliphatic rings. The van der Waals surface area contributed by atoms with Crippen LogP contribution in [0.4, 0.5) is 0 Å². The normalized spacial score (nSPS) is 19.2. The third-order valence-electron chi connectivity index (χ3n) is 5.74. The molecule has 0 unspecified atom stereocenters. The number of carbonyl (C=O) groups excluding carboxylic acids is 2. The first-order valence-electron chi connectivity index (χ1n) is 8.85. The Bertz CT molecular complexity index is 816. The molecule has 0 atom stereocenters. The second kappa shape index (κ2) is 6.06. The fourth-order valence-electron chi connectivity index (χ4n) is 4.10. The van der Waals surface area contributed by atoms with Crippen molar-refractivity contribution in [3.8, 4) is 0 Å². The molecule has 130 valence electrons. The minimum absolute atomic E-state index is 0.0526. The molecule has 0 saturated carbocycles. The molecular weight excluding hydrogens is 314 g/mol. The zero-order valence-corrected chi connectivity index (χ0v) is 14.5. The molecule has 5 heteroatoms. The van der Waals surface area contributed by atoms with Gasteiger partial charge in [-0.05, 0) is 42.5 Å². The van der Waals surface area contributed by atoms with E-state index in [-0.39, 0.29) is 11.8 Å². The van der Waals surface area contributed by atoms with Crippen LogP contribution in [0.15, 0.2) is 42.6 Å². The number of amides is 2. The van der Waals surface area contributed by atoms with Gasteiger partial charge in [0.1, 0.15) is 5.69 Å². The zero-order valence-electron chi connectivity index (χ0n) is 14.5. The van der Waals surface area contributed by atoms with Crippen molar-refractivity contribution < 1.29 is 9.59 Å². The van der Waals surface area contributed by atoms with E-state index >= 15 is 0 Å². The molecule has 1 aromatic carbocycles. The van der Waals surface area contributed by atoms with Gasteiger partial charge < -0.3 is 14.8 Å². The average Bonchev–Trinajstić information content (AvgIpc) is 3.01. The van der Waals surface area contributed by atoms with Gasteiger partial charge in [0.2, 0.25) is 5.91 Å². The minimum Gasteiger partial charge on any atom is -0.352 e. The Labute approximate surface area is 147 Å². The first-order chi connectivity index (χ1) is 12.1. The SMILES string of the molecule is Cn1cccc1C(=O)N1CCC2(CC1)Cc1ccccc1CNC2=O. The van der Waals surface area contributed by atoms with Gasteiger partial charge in [-0.25, -0.2) is 0 Å². The highest BCUT2D eigenvalue weighted by Crippen LogP contribution is 2.38. The van der Waals surface area contributed by atoms with Crippen LogP contribution in [0, 0.1) is 5.41 Å². The van der Waals surface area contributed by atoms with Crippen LogP contribution in [0.2, 0.25) is 0 Å². The lowest BCUT2D eigenvalue weighted by Gasteiger charge is -2.40. The maximum absolute atomic E-state index is 12.8. The Morgan fingerprint density at radius 2 is 1.80 bits per heavy atom. The summed E-state index contributed by atoms with van der Waals surface area (Å²) in [6.45, 7) is 1.85. The van der Waals surface area contributed by atoms with Gasteiger partial charge in [0, 0.05) is 32.9 Å². The molecule has 2 aromatic rings. The van der Waals surface area contributed by atoms with Crippen molar-refractivity contribution in [2.24, 2.45) is 12.5 Å². The minimum atomic E-state index is -0.391. The molecule has 1 spiro atoms. The second-order valence-electron chi connectivity index (χ2n) is 7.21. The third kappa shape index (κ3) is 2.73. The number of hydrogen-bond acceptors (Lipinski definition) is 2. The van der Waals surface area contributed by atoms with Gasteiger partial charge in [-0.2, -0.15) is 0 Å². The molecule has 0 bridgehead atoms. The third-order valence-corrected chi connectivity index (χ3v) is 5.74. The molecular formula is C20H23N3O2. The van der Waals surface area contributed by atoms with E-state index in [9.17, 15) is 9.59 Å². The fraction of sp³-hybridized carbons (Fsp3) is 0.400. The van der Waals surface area contributed by atoms with Crippen LogP contribution in [0.25, 0.3) is 0 Å². The van der Waals surface area contributed by atoms with Gasteiger partial charge in [0.25, 0.3) is 5.91 Å². The van der Waals surface area contributed by atoms with Gasteiger partial charge in [-0.3, -0.25) is 9.59 Å². The van der Waals surface area contributed by atoms with E-state index in [1.165, 1.54) is 11.1 Å². The van der Waals surface area contributed by atoms with Crippen molar-refractivity contribution in [2.45, 2.75) is 25.8 Å². The molecule has 1 N–H and O–H groups in total. The molecule has 4 rings (SSSR count). The number of carbonyl (C=O) groups is 2.